The van der Waals surface area contributed by atoms with Crippen molar-refractivity contribution >= 4 is 5.69 Å². The summed E-state index contributed by atoms with van der Waals surface area (Å²) in [5.41, 5.74) is 2.56. The summed E-state index contributed by atoms with van der Waals surface area (Å²) < 4.78 is 16.4. The van der Waals surface area contributed by atoms with E-state index in [0.29, 0.717) is 0 Å². The number of piperidine rings is 1. The Labute approximate surface area is 186 Å². The second-order valence-electron chi connectivity index (χ2n) is 8.71. The molecule has 2 heterocycles. The van der Waals surface area contributed by atoms with Crippen molar-refractivity contribution in [3.05, 3.63) is 48.0 Å². The maximum atomic E-state index is 5.56. The fraction of sp³-hybridized carbons (Fsp3) is 0.520. The molecule has 168 valence electrons. The van der Waals surface area contributed by atoms with Gasteiger partial charge in [0.1, 0.15) is 12.3 Å². The lowest BCUT2D eigenvalue weighted by molar-refractivity contribution is -0.963. The van der Waals surface area contributed by atoms with Gasteiger partial charge < -0.3 is 28.9 Å². The number of hydrogen-bond acceptors (Lipinski definition) is 4. The number of quaternary nitrogens is 2. The van der Waals surface area contributed by atoms with E-state index in [1.54, 1.807) is 31.1 Å². The maximum Gasteiger partial charge on any atom is 0.161 e. The summed E-state index contributed by atoms with van der Waals surface area (Å²) >= 11 is 0. The van der Waals surface area contributed by atoms with Gasteiger partial charge >= 0.3 is 0 Å². The third-order valence-electron chi connectivity index (χ3n) is 7.00. The second kappa shape index (κ2) is 10.2. The van der Waals surface area contributed by atoms with E-state index in [0.717, 1.165) is 42.9 Å². The van der Waals surface area contributed by atoms with E-state index in [1.165, 1.54) is 50.3 Å². The summed E-state index contributed by atoms with van der Waals surface area (Å²) in [6.07, 6.45) is 2.62. The third-order valence-corrected chi connectivity index (χ3v) is 7.00. The molecule has 2 fully saturated rings. The molecule has 0 radical (unpaired) electrons. The Hall–Kier alpha value is -2.44. The smallest absolute Gasteiger partial charge is 0.161 e. The minimum atomic E-state index is 0.800. The van der Waals surface area contributed by atoms with Gasteiger partial charge in [0.2, 0.25) is 0 Å². The van der Waals surface area contributed by atoms with E-state index >= 15 is 0 Å². The Morgan fingerprint density at radius 3 is 2.16 bits per heavy atom. The standard InChI is InChI=1S/C25H35N3O3/c1-29-23-7-5-4-6-22(23)28-16-14-27(15-17-28)21-10-12-26(13-11-21)19-20-8-9-24(30-2)25(18-20)31-3/h4-9,18,21H,10-17,19H2,1-3H3/p+2. The highest BCUT2D eigenvalue weighted by Crippen LogP contribution is 2.28. The van der Waals surface area contributed by atoms with Gasteiger partial charge in [0.25, 0.3) is 0 Å². The van der Waals surface area contributed by atoms with Crippen LogP contribution in [0, 0.1) is 0 Å². The van der Waals surface area contributed by atoms with Gasteiger partial charge in [-0.05, 0) is 30.3 Å². The maximum absolute atomic E-state index is 5.56. The van der Waals surface area contributed by atoms with Crippen LogP contribution in [0.1, 0.15) is 18.4 Å². The normalized spacial score (nSPS) is 22.2. The third kappa shape index (κ3) is 5.08. The zero-order valence-corrected chi connectivity index (χ0v) is 19.2. The number of benzene rings is 2. The summed E-state index contributed by atoms with van der Waals surface area (Å²) in [5.74, 6) is 2.61. The molecule has 2 aromatic rings. The Morgan fingerprint density at radius 1 is 0.806 bits per heavy atom. The molecule has 2 saturated heterocycles. The van der Waals surface area contributed by atoms with Crippen molar-refractivity contribution in [2.24, 2.45) is 0 Å². The number of nitrogens with one attached hydrogen (secondary N) is 2. The zero-order valence-electron chi connectivity index (χ0n) is 19.2. The summed E-state index contributed by atoms with van der Waals surface area (Å²) in [6.45, 7) is 8.20. The van der Waals surface area contributed by atoms with Gasteiger partial charge in [-0.15, -0.1) is 0 Å². The van der Waals surface area contributed by atoms with Crippen LogP contribution >= 0.6 is 0 Å². The van der Waals surface area contributed by atoms with Crippen LogP contribution in [0.15, 0.2) is 42.5 Å². The van der Waals surface area contributed by atoms with Crippen molar-refractivity contribution in [3.8, 4) is 17.2 Å². The van der Waals surface area contributed by atoms with Crippen molar-refractivity contribution in [1.82, 2.24) is 0 Å². The molecule has 0 spiro atoms. The first-order valence-electron chi connectivity index (χ1n) is 11.5. The lowest BCUT2D eigenvalue weighted by Crippen LogP contribution is -3.21. The van der Waals surface area contributed by atoms with Crippen LogP contribution in [-0.4, -0.2) is 66.6 Å². The second-order valence-corrected chi connectivity index (χ2v) is 8.71. The van der Waals surface area contributed by atoms with E-state index in [9.17, 15) is 0 Å². The van der Waals surface area contributed by atoms with Crippen LogP contribution in [0.3, 0.4) is 0 Å². The number of hydrogen-bond donors (Lipinski definition) is 2. The number of methoxy groups -OCH3 is 3. The van der Waals surface area contributed by atoms with Gasteiger partial charge in [-0.25, -0.2) is 0 Å². The topological polar surface area (TPSA) is 39.8 Å². The van der Waals surface area contributed by atoms with E-state index in [1.807, 2.05) is 12.1 Å². The fourth-order valence-corrected chi connectivity index (χ4v) is 5.22. The summed E-state index contributed by atoms with van der Waals surface area (Å²) in [6, 6.07) is 15.5. The number of likely N-dealkylation sites (tertiary alicyclic amines) is 1. The number of para-hydroxylation sites is 2. The van der Waals surface area contributed by atoms with Crippen LogP contribution in [0.25, 0.3) is 0 Å². The molecule has 2 aliphatic heterocycles. The average Bonchev–Trinajstić information content (AvgIpc) is 2.84. The first kappa shape index (κ1) is 21.8. The first-order chi connectivity index (χ1) is 15.2. The Bertz CT molecular complexity index is 844. The van der Waals surface area contributed by atoms with Crippen LogP contribution in [0.5, 0.6) is 17.2 Å². The minimum Gasteiger partial charge on any atom is -0.495 e. The molecule has 2 aliphatic rings. The molecular formula is C25H37N3O3+2. The van der Waals surface area contributed by atoms with Crippen LogP contribution < -0.4 is 28.9 Å². The van der Waals surface area contributed by atoms with Gasteiger partial charge in [0.05, 0.1) is 72.3 Å². The van der Waals surface area contributed by atoms with Crippen LogP contribution in [-0.2, 0) is 6.54 Å². The van der Waals surface area contributed by atoms with E-state index in [4.69, 9.17) is 14.2 Å². The Kier molecular flexibility index (Phi) is 7.20. The average molecular weight is 428 g/mol. The van der Waals surface area contributed by atoms with Gasteiger partial charge in [0.15, 0.2) is 11.5 Å². The van der Waals surface area contributed by atoms with E-state index < -0.39 is 0 Å². The number of piperazine rings is 1. The molecule has 31 heavy (non-hydrogen) atoms. The van der Waals surface area contributed by atoms with Crippen LogP contribution in [0.4, 0.5) is 5.69 Å². The summed E-state index contributed by atoms with van der Waals surface area (Å²) in [4.78, 5) is 5.95. The van der Waals surface area contributed by atoms with Crippen molar-refractivity contribution < 1.29 is 24.0 Å². The molecule has 2 N–H and O–H groups in total. The minimum absolute atomic E-state index is 0.800. The van der Waals surface area contributed by atoms with Crippen LogP contribution in [0.2, 0.25) is 0 Å². The summed E-state index contributed by atoms with van der Waals surface area (Å²) in [5, 5.41) is 0. The van der Waals surface area contributed by atoms with E-state index in [-0.39, 0.29) is 0 Å². The molecule has 2 aromatic carbocycles. The van der Waals surface area contributed by atoms with Crippen molar-refractivity contribution in [1.29, 1.82) is 0 Å². The monoisotopic (exact) mass is 427 g/mol. The van der Waals surface area contributed by atoms with Gasteiger partial charge in [-0.1, -0.05) is 12.1 Å². The fourth-order valence-electron chi connectivity index (χ4n) is 5.22. The molecule has 0 amide bonds. The predicted molar refractivity (Wildman–Crippen MR) is 123 cm³/mol. The largest absolute Gasteiger partial charge is 0.495 e. The van der Waals surface area contributed by atoms with Crippen molar-refractivity contribution in [2.45, 2.75) is 25.4 Å². The van der Waals surface area contributed by atoms with Gasteiger partial charge in [-0.3, -0.25) is 0 Å². The number of rotatable bonds is 7. The molecule has 0 unspecified atom stereocenters. The molecule has 4 rings (SSSR count). The lowest BCUT2D eigenvalue weighted by atomic mass is 10.0. The molecular weight excluding hydrogens is 390 g/mol. The molecule has 0 aromatic heterocycles. The predicted octanol–water partition coefficient (Wildman–Crippen LogP) is 0.665. The molecule has 0 atom stereocenters. The quantitative estimate of drug-likeness (QED) is 0.681. The van der Waals surface area contributed by atoms with Gasteiger partial charge in [0, 0.05) is 18.4 Å². The Morgan fingerprint density at radius 2 is 1.48 bits per heavy atom. The zero-order chi connectivity index (χ0) is 21.6. The Balaban J connectivity index is 1.26. The molecule has 0 bridgehead atoms. The molecule has 6 nitrogen and oxygen atoms in total. The number of ether oxygens (including phenoxy) is 3. The van der Waals surface area contributed by atoms with Gasteiger partial charge in [-0.2, -0.15) is 0 Å². The molecule has 6 heteroatoms. The SMILES string of the molecule is COc1ccc(C[NH+]2CCC([NH+]3CCN(c4ccccc4OC)CC3)CC2)cc1OC. The molecule has 0 saturated carbocycles. The highest BCUT2D eigenvalue weighted by atomic mass is 16.5. The molecule has 0 aliphatic carbocycles. The highest BCUT2D eigenvalue weighted by Gasteiger charge is 2.32. The van der Waals surface area contributed by atoms with E-state index in [2.05, 4.69) is 35.2 Å². The lowest BCUT2D eigenvalue weighted by Gasteiger charge is -2.40. The van der Waals surface area contributed by atoms with Crippen molar-refractivity contribution in [3.63, 3.8) is 0 Å². The highest BCUT2D eigenvalue weighted by molar-refractivity contribution is 5.58. The first-order valence-corrected chi connectivity index (χ1v) is 11.5. The van der Waals surface area contributed by atoms with Crippen molar-refractivity contribution in [2.75, 3.05) is 65.5 Å². The number of nitrogens with zero attached hydrogens (tertiary/aromatic N) is 1. The number of anilines is 1. The summed E-state index contributed by atoms with van der Waals surface area (Å²) in [7, 11) is 5.15.